The van der Waals surface area contributed by atoms with Gasteiger partial charge in [-0.1, -0.05) is 20.8 Å². The van der Waals surface area contributed by atoms with Gasteiger partial charge in [0.05, 0.1) is 16.6 Å². The van der Waals surface area contributed by atoms with Gasteiger partial charge in [-0.2, -0.15) is 0 Å². The molecule has 0 fully saturated rings. The van der Waals surface area contributed by atoms with Gasteiger partial charge in [0.2, 0.25) is 0 Å². The van der Waals surface area contributed by atoms with Crippen LogP contribution in [0.15, 0.2) is 18.2 Å². The van der Waals surface area contributed by atoms with Crippen LogP contribution in [0, 0.1) is 12.3 Å². The second kappa shape index (κ2) is 4.68. The number of rotatable bonds is 3. The van der Waals surface area contributed by atoms with E-state index in [0.29, 0.717) is 5.56 Å². The molecule has 2 rings (SSSR count). The summed E-state index contributed by atoms with van der Waals surface area (Å²) in [6.45, 7) is 9.41. The van der Waals surface area contributed by atoms with E-state index in [9.17, 15) is 4.79 Å². The number of carboxylic acids is 1. The van der Waals surface area contributed by atoms with Crippen LogP contribution >= 0.6 is 0 Å². The van der Waals surface area contributed by atoms with Gasteiger partial charge in [-0.15, -0.1) is 0 Å². The zero-order valence-electron chi connectivity index (χ0n) is 11.9. The predicted molar refractivity (Wildman–Crippen MR) is 75.5 cm³/mol. The summed E-state index contributed by atoms with van der Waals surface area (Å²) in [5.41, 5.74) is 2.32. The SMILES string of the molecule is Cc1nc2ccc(C(=O)O)cc2n1CCC(C)(C)C. The monoisotopic (exact) mass is 260 g/mol. The van der Waals surface area contributed by atoms with Crippen molar-refractivity contribution in [1.29, 1.82) is 0 Å². The molecule has 1 aromatic heterocycles. The molecular weight excluding hydrogens is 240 g/mol. The van der Waals surface area contributed by atoms with Crippen LogP contribution in [0.3, 0.4) is 0 Å². The topological polar surface area (TPSA) is 55.1 Å². The molecule has 1 heterocycles. The number of aromatic carboxylic acids is 1. The maximum Gasteiger partial charge on any atom is 0.335 e. The molecule has 4 nitrogen and oxygen atoms in total. The van der Waals surface area contributed by atoms with Crippen molar-refractivity contribution >= 4 is 17.0 Å². The Hall–Kier alpha value is -1.84. The standard InChI is InChI=1S/C15H20N2O2/c1-10-16-12-6-5-11(14(18)19)9-13(12)17(10)8-7-15(2,3)4/h5-6,9H,7-8H2,1-4H3,(H,18,19). The minimum Gasteiger partial charge on any atom is -0.478 e. The van der Waals surface area contributed by atoms with Crippen LogP contribution < -0.4 is 0 Å². The van der Waals surface area contributed by atoms with E-state index in [1.54, 1.807) is 18.2 Å². The van der Waals surface area contributed by atoms with Crippen LogP contribution in [0.25, 0.3) is 11.0 Å². The molecule has 102 valence electrons. The van der Waals surface area contributed by atoms with Crippen LogP contribution in [0.1, 0.15) is 43.4 Å². The molecule has 1 N–H and O–H groups in total. The lowest BCUT2D eigenvalue weighted by Gasteiger charge is -2.19. The molecule has 0 radical (unpaired) electrons. The highest BCUT2D eigenvalue weighted by Gasteiger charge is 2.14. The molecule has 0 saturated carbocycles. The number of aromatic nitrogens is 2. The molecule has 0 amide bonds. The van der Waals surface area contributed by atoms with Gasteiger partial charge in [0.1, 0.15) is 5.82 Å². The van der Waals surface area contributed by atoms with Gasteiger partial charge in [-0.25, -0.2) is 9.78 Å². The first-order valence-electron chi connectivity index (χ1n) is 6.48. The summed E-state index contributed by atoms with van der Waals surface area (Å²) in [4.78, 5) is 15.5. The van der Waals surface area contributed by atoms with E-state index in [4.69, 9.17) is 5.11 Å². The largest absolute Gasteiger partial charge is 0.478 e. The van der Waals surface area contributed by atoms with Gasteiger partial charge < -0.3 is 9.67 Å². The van der Waals surface area contributed by atoms with E-state index in [1.165, 1.54) is 0 Å². The summed E-state index contributed by atoms with van der Waals surface area (Å²) in [6.07, 6.45) is 1.02. The van der Waals surface area contributed by atoms with Gasteiger partial charge in [0.25, 0.3) is 0 Å². The highest BCUT2D eigenvalue weighted by Crippen LogP contribution is 2.23. The van der Waals surface area contributed by atoms with Gasteiger partial charge in [-0.05, 0) is 37.0 Å². The molecule has 0 bridgehead atoms. The first kappa shape index (κ1) is 13.6. The number of nitrogens with zero attached hydrogens (tertiary/aromatic N) is 2. The van der Waals surface area contributed by atoms with E-state index in [-0.39, 0.29) is 5.41 Å². The van der Waals surface area contributed by atoms with Crippen molar-refractivity contribution in [3.05, 3.63) is 29.6 Å². The third-order valence-electron chi connectivity index (χ3n) is 3.27. The second-order valence-electron chi connectivity index (χ2n) is 6.13. The van der Waals surface area contributed by atoms with Crippen molar-refractivity contribution in [2.45, 2.75) is 40.7 Å². The summed E-state index contributed by atoms with van der Waals surface area (Å²) >= 11 is 0. The van der Waals surface area contributed by atoms with E-state index >= 15 is 0 Å². The van der Waals surface area contributed by atoms with Gasteiger partial charge in [-0.3, -0.25) is 0 Å². The fourth-order valence-corrected chi connectivity index (χ4v) is 2.11. The van der Waals surface area contributed by atoms with Crippen molar-refractivity contribution in [3.8, 4) is 0 Å². The van der Waals surface area contributed by atoms with Gasteiger partial charge >= 0.3 is 5.97 Å². The molecule has 0 unspecified atom stereocenters. The van der Waals surface area contributed by atoms with Crippen LogP contribution in [-0.2, 0) is 6.54 Å². The van der Waals surface area contributed by atoms with Crippen molar-refractivity contribution in [2.75, 3.05) is 0 Å². The zero-order chi connectivity index (χ0) is 14.2. The van der Waals surface area contributed by atoms with Crippen LogP contribution in [0.2, 0.25) is 0 Å². The van der Waals surface area contributed by atoms with Crippen LogP contribution in [0.4, 0.5) is 0 Å². The second-order valence-corrected chi connectivity index (χ2v) is 6.13. The predicted octanol–water partition coefficient (Wildman–Crippen LogP) is 3.48. The van der Waals surface area contributed by atoms with E-state index in [2.05, 4.69) is 30.3 Å². The Labute approximate surface area is 113 Å². The number of aryl methyl sites for hydroxylation is 2. The number of carbonyl (C=O) groups is 1. The van der Waals surface area contributed by atoms with Crippen molar-refractivity contribution in [1.82, 2.24) is 9.55 Å². The lowest BCUT2D eigenvalue weighted by Crippen LogP contribution is -2.11. The van der Waals surface area contributed by atoms with Gasteiger partial charge in [0, 0.05) is 6.54 Å². The minimum absolute atomic E-state index is 0.243. The molecule has 19 heavy (non-hydrogen) atoms. The lowest BCUT2D eigenvalue weighted by molar-refractivity contribution is 0.0697. The molecule has 0 aliphatic carbocycles. The fraction of sp³-hybridized carbons (Fsp3) is 0.467. The summed E-state index contributed by atoms with van der Waals surface area (Å²) < 4.78 is 2.10. The molecule has 0 aliphatic heterocycles. The Bertz CT molecular complexity index is 621. The number of imidazole rings is 1. The fourth-order valence-electron chi connectivity index (χ4n) is 2.11. The maximum atomic E-state index is 11.1. The van der Waals surface area contributed by atoms with E-state index in [1.807, 2.05) is 6.92 Å². The summed E-state index contributed by atoms with van der Waals surface area (Å²) in [6, 6.07) is 5.09. The molecular formula is C15H20N2O2. The normalized spacial score (nSPS) is 12.0. The third-order valence-corrected chi connectivity index (χ3v) is 3.27. The molecule has 0 aliphatic rings. The molecule has 1 aromatic carbocycles. The maximum absolute atomic E-state index is 11.1. The average Bonchev–Trinajstić information content (AvgIpc) is 2.60. The molecule has 0 saturated heterocycles. The quantitative estimate of drug-likeness (QED) is 0.919. The van der Waals surface area contributed by atoms with Crippen LogP contribution in [0.5, 0.6) is 0 Å². The Kier molecular flexibility index (Phi) is 3.35. The molecule has 4 heteroatoms. The summed E-state index contributed by atoms with van der Waals surface area (Å²) in [5, 5.41) is 9.07. The number of carboxylic acid groups (broad SMARTS) is 1. The van der Waals surface area contributed by atoms with E-state index < -0.39 is 5.97 Å². The van der Waals surface area contributed by atoms with Crippen molar-refractivity contribution in [2.24, 2.45) is 5.41 Å². The Balaban J connectivity index is 2.44. The number of hydrogen-bond acceptors (Lipinski definition) is 2. The average molecular weight is 260 g/mol. The minimum atomic E-state index is -0.900. The number of benzene rings is 1. The summed E-state index contributed by atoms with van der Waals surface area (Å²) in [5.74, 6) is 0.0323. The Morgan fingerprint density at radius 1 is 1.37 bits per heavy atom. The number of fused-ring (bicyclic) bond motifs is 1. The van der Waals surface area contributed by atoms with Crippen molar-refractivity contribution in [3.63, 3.8) is 0 Å². The Morgan fingerprint density at radius 3 is 2.63 bits per heavy atom. The van der Waals surface area contributed by atoms with Gasteiger partial charge in [0.15, 0.2) is 0 Å². The highest BCUT2D eigenvalue weighted by molar-refractivity contribution is 5.92. The van der Waals surface area contributed by atoms with E-state index in [0.717, 1.165) is 29.8 Å². The first-order valence-corrected chi connectivity index (χ1v) is 6.48. The number of hydrogen-bond donors (Lipinski definition) is 1. The lowest BCUT2D eigenvalue weighted by atomic mass is 9.92. The molecule has 0 atom stereocenters. The van der Waals surface area contributed by atoms with Crippen LogP contribution in [-0.4, -0.2) is 20.6 Å². The first-order chi connectivity index (χ1) is 8.78. The van der Waals surface area contributed by atoms with Crippen molar-refractivity contribution < 1.29 is 9.90 Å². The molecule has 2 aromatic rings. The smallest absolute Gasteiger partial charge is 0.335 e. The zero-order valence-corrected chi connectivity index (χ0v) is 11.9. The molecule has 0 spiro atoms. The highest BCUT2D eigenvalue weighted by atomic mass is 16.4. The third kappa shape index (κ3) is 2.95. The Morgan fingerprint density at radius 2 is 2.05 bits per heavy atom. The summed E-state index contributed by atoms with van der Waals surface area (Å²) in [7, 11) is 0.